The largest absolute Gasteiger partial charge is 0.497 e. The maximum absolute atomic E-state index is 12.2. The Labute approximate surface area is 165 Å². The van der Waals surface area contributed by atoms with Crippen LogP contribution in [0.15, 0.2) is 29.2 Å². The van der Waals surface area contributed by atoms with E-state index in [-0.39, 0.29) is 29.8 Å². The van der Waals surface area contributed by atoms with Crippen LogP contribution >= 0.6 is 0 Å². The zero-order valence-corrected chi connectivity index (χ0v) is 17.3. The van der Waals surface area contributed by atoms with Crippen LogP contribution in [0, 0.1) is 5.92 Å². The Hall–Kier alpha value is -2.33. The number of methoxy groups -OCH3 is 1. The summed E-state index contributed by atoms with van der Waals surface area (Å²) in [6, 6.07) is 6.01. The number of nitrogens with zero attached hydrogens (tertiary/aromatic N) is 1. The van der Waals surface area contributed by atoms with Crippen molar-refractivity contribution in [1.29, 1.82) is 0 Å². The van der Waals surface area contributed by atoms with Crippen molar-refractivity contribution >= 4 is 22.0 Å². The van der Waals surface area contributed by atoms with E-state index in [0.29, 0.717) is 18.8 Å². The number of rotatable bonds is 7. The van der Waals surface area contributed by atoms with Crippen LogP contribution in [0.25, 0.3) is 0 Å². The van der Waals surface area contributed by atoms with Crippen LogP contribution in [0.5, 0.6) is 5.75 Å². The van der Waals surface area contributed by atoms with Gasteiger partial charge in [-0.1, -0.05) is 0 Å². The third kappa shape index (κ3) is 6.10. The summed E-state index contributed by atoms with van der Waals surface area (Å²) in [5.74, 6) is 0.0290. The summed E-state index contributed by atoms with van der Waals surface area (Å²) in [4.78, 5) is 25.5. The van der Waals surface area contributed by atoms with Crippen molar-refractivity contribution in [2.45, 2.75) is 31.3 Å². The molecule has 1 aromatic rings. The minimum absolute atomic E-state index is 0.0581. The molecule has 0 radical (unpaired) electrons. The first-order valence-electron chi connectivity index (χ1n) is 8.91. The topological polar surface area (TPSA) is 114 Å². The molecule has 1 fully saturated rings. The molecule has 1 saturated heterocycles. The number of carbonyl (C=O) groups excluding carboxylic acids is 2. The molecule has 0 spiro atoms. The molecular formula is C18H27N3O6S. The van der Waals surface area contributed by atoms with Gasteiger partial charge >= 0.3 is 6.09 Å². The van der Waals surface area contributed by atoms with Gasteiger partial charge in [-0.15, -0.1) is 0 Å². The molecule has 0 unspecified atom stereocenters. The lowest BCUT2D eigenvalue weighted by Gasteiger charge is -2.38. The van der Waals surface area contributed by atoms with E-state index >= 15 is 0 Å². The van der Waals surface area contributed by atoms with Crippen molar-refractivity contribution in [2.75, 3.05) is 33.3 Å². The first-order chi connectivity index (χ1) is 13.0. The van der Waals surface area contributed by atoms with E-state index in [4.69, 9.17) is 9.47 Å². The predicted molar refractivity (Wildman–Crippen MR) is 102 cm³/mol. The SMILES string of the molecule is COc1ccc(S(=O)(=O)NCCNC(=O)C2CN(C(=O)OC(C)(C)C)C2)cc1. The highest BCUT2D eigenvalue weighted by molar-refractivity contribution is 7.89. The lowest BCUT2D eigenvalue weighted by Crippen LogP contribution is -2.57. The van der Waals surface area contributed by atoms with E-state index in [0.717, 1.165) is 0 Å². The van der Waals surface area contributed by atoms with Gasteiger partial charge in [-0.3, -0.25) is 4.79 Å². The van der Waals surface area contributed by atoms with Crippen molar-refractivity contribution < 1.29 is 27.5 Å². The van der Waals surface area contributed by atoms with Gasteiger partial charge in [-0.2, -0.15) is 0 Å². The van der Waals surface area contributed by atoms with E-state index in [1.807, 2.05) is 0 Å². The summed E-state index contributed by atoms with van der Waals surface area (Å²) in [6.45, 7) is 6.13. The lowest BCUT2D eigenvalue weighted by molar-refractivity contribution is -0.129. The number of nitrogens with one attached hydrogen (secondary N) is 2. The van der Waals surface area contributed by atoms with E-state index < -0.39 is 21.7 Å². The Kier molecular flexibility index (Phi) is 6.89. The van der Waals surface area contributed by atoms with Crippen molar-refractivity contribution in [3.8, 4) is 5.75 Å². The number of benzene rings is 1. The van der Waals surface area contributed by atoms with Crippen LogP contribution in [0.3, 0.4) is 0 Å². The first-order valence-corrected chi connectivity index (χ1v) is 10.4. The third-order valence-electron chi connectivity index (χ3n) is 3.99. The number of carbonyl (C=O) groups is 2. The molecule has 10 heteroatoms. The van der Waals surface area contributed by atoms with Crippen LogP contribution < -0.4 is 14.8 Å². The molecule has 1 heterocycles. The highest BCUT2D eigenvalue weighted by atomic mass is 32.2. The van der Waals surface area contributed by atoms with Crippen molar-refractivity contribution in [2.24, 2.45) is 5.92 Å². The highest BCUT2D eigenvalue weighted by Crippen LogP contribution is 2.19. The van der Waals surface area contributed by atoms with Crippen molar-refractivity contribution in [1.82, 2.24) is 14.9 Å². The Morgan fingerprint density at radius 2 is 1.75 bits per heavy atom. The molecule has 28 heavy (non-hydrogen) atoms. The summed E-state index contributed by atoms with van der Waals surface area (Å²) in [6.07, 6.45) is -0.441. The molecular weight excluding hydrogens is 386 g/mol. The van der Waals surface area contributed by atoms with E-state index in [2.05, 4.69) is 10.0 Å². The molecule has 156 valence electrons. The van der Waals surface area contributed by atoms with Gasteiger partial charge in [0.15, 0.2) is 0 Å². The normalized spacial score (nSPS) is 14.9. The summed E-state index contributed by atoms with van der Waals surface area (Å²) >= 11 is 0. The Morgan fingerprint density at radius 1 is 1.14 bits per heavy atom. The highest BCUT2D eigenvalue weighted by Gasteiger charge is 2.37. The minimum Gasteiger partial charge on any atom is -0.497 e. The van der Waals surface area contributed by atoms with Crippen LogP contribution in [-0.2, 0) is 19.6 Å². The number of sulfonamides is 1. The molecule has 2 amide bonds. The Balaban J connectivity index is 1.69. The van der Waals surface area contributed by atoms with Crippen LogP contribution in [0.4, 0.5) is 4.79 Å². The summed E-state index contributed by atoms with van der Waals surface area (Å²) in [5.41, 5.74) is -0.578. The molecule has 0 bridgehead atoms. The predicted octanol–water partition coefficient (Wildman–Crippen LogP) is 0.957. The number of hydrogen-bond donors (Lipinski definition) is 2. The summed E-state index contributed by atoms with van der Waals surface area (Å²) < 4.78 is 37.0. The fraction of sp³-hybridized carbons (Fsp3) is 0.556. The fourth-order valence-corrected chi connectivity index (χ4v) is 3.51. The number of likely N-dealkylation sites (tertiary alicyclic amines) is 1. The molecule has 1 aliphatic rings. The van der Waals surface area contributed by atoms with Gasteiger partial charge in [-0.25, -0.2) is 17.9 Å². The molecule has 0 aliphatic carbocycles. The van der Waals surface area contributed by atoms with E-state index in [1.165, 1.54) is 24.1 Å². The maximum Gasteiger partial charge on any atom is 0.410 e. The first kappa shape index (κ1) is 22.0. The van der Waals surface area contributed by atoms with Gasteiger partial charge in [0.1, 0.15) is 11.4 Å². The summed E-state index contributed by atoms with van der Waals surface area (Å²) in [5, 5.41) is 2.67. The van der Waals surface area contributed by atoms with Gasteiger partial charge in [0, 0.05) is 26.2 Å². The van der Waals surface area contributed by atoms with Gasteiger partial charge in [-0.05, 0) is 45.0 Å². The van der Waals surface area contributed by atoms with Gasteiger partial charge < -0.3 is 19.7 Å². The van der Waals surface area contributed by atoms with Crippen LogP contribution in [-0.4, -0.2) is 64.2 Å². The minimum atomic E-state index is -3.66. The second kappa shape index (κ2) is 8.78. The Bertz CT molecular complexity index is 796. The molecule has 0 saturated carbocycles. The average Bonchev–Trinajstić information content (AvgIpc) is 2.56. The van der Waals surface area contributed by atoms with Gasteiger partial charge in [0.25, 0.3) is 0 Å². The summed E-state index contributed by atoms with van der Waals surface area (Å²) in [7, 11) is -2.16. The third-order valence-corrected chi connectivity index (χ3v) is 5.47. The van der Waals surface area contributed by atoms with Crippen molar-refractivity contribution in [3.05, 3.63) is 24.3 Å². The van der Waals surface area contributed by atoms with Crippen LogP contribution in [0.2, 0.25) is 0 Å². The molecule has 9 nitrogen and oxygen atoms in total. The molecule has 2 rings (SSSR count). The Morgan fingerprint density at radius 3 is 2.29 bits per heavy atom. The fourth-order valence-electron chi connectivity index (χ4n) is 2.47. The smallest absolute Gasteiger partial charge is 0.410 e. The standard InChI is InChI=1S/C18H27N3O6S/c1-18(2,3)27-17(23)21-11-13(12-21)16(22)19-9-10-20-28(24,25)15-7-5-14(26-4)6-8-15/h5-8,13,20H,9-12H2,1-4H3,(H,19,22). The number of ether oxygens (including phenoxy) is 2. The van der Waals surface area contributed by atoms with Crippen molar-refractivity contribution in [3.63, 3.8) is 0 Å². The zero-order chi connectivity index (χ0) is 20.9. The lowest BCUT2D eigenvalue weighted by atomic mass is 10.00. The quantitative estimate of drug-likeness (QED) is 0.644. The molecule has 0 atom stereocenters. The molecule has 2 N–H and O–H groups in total. The van der Waals surface area contributed by atoms with Gasteiger partial charge in [0.05, 0.1) is 17.9 Å². The average molecular weight is 413 g/mol. The second-order valence-corrected chi connectivity index (χ2v) is 9.21. The molecule has 0 aromatic heterocycles. The molecule has 1 aromatic carbocycles. The monoisotopic (exact) mass is 413 g/mol. The molecule has 1 aliphatic heterocycles. The second-order valence-electron chi connectivity index (χ2n) is 7.45. The maximum atomic E-state index is 12.2. The van der Waals surface area contributed by atoms with E-state index in [1.54, 1.807) is 32.9 Å². The van der Waals surface area contributed by atoms with Crippen LogP contribution in [0.1, 0.15) is 20.8 Å². The number of hydrogen-bond acceptors (Lipinski definition) is 6. The van der Waals surface area contributed by atoms with Gasteiger partial charge in [0.2, 0.25) is 15.9 Å². The van der Waals surface area contributed by atoms with E-state index in [9.17, 15) is 18.0 Å². The zero-order valence-electron chi connectivity index (χ0n) is 16.5. The number of amides is 2.